The highest BCUT2D eigenvalue weighted by Gasteiger charge is 2.07. The molecule has 2 nitrogen and oxygen atoms in total. The van der Waals surface area contributed by atoms with E-state index in [9.17, 15) is 9.50 Å². The lowest BCUT2D eigenvalue weighted by Crippen LogP contribution is -2.04. The van der Waals surface area contributed by atoms with Crippen molar-refractivity contribution in [2.45, 2.75) is 25.9 Å². The van der Waals surface area contributed by atoms with E-state index in [0.29, 0.717) is 25.2 Å². The lowest BCUT2D eigenvalue weighted by molar-refractivity contribution is 0.0821. The minimum Gasteiger partial charge on any atom is -0.388 e. The van der Waals surface area contributed by atoms with Crippen molar-refractivity contribution in [3.05, 3.63) is 35.6 Å². The maximum atomic E-state index is 12.8. The van der Waals surface area contributed by atoms with Gasteiger partial charge in [-0.3, -0.25) is 0 Å². The van der Waals surface area contributed by atoms with Crippen molar-refractivity contribution in [1.82, 2.24) is 0 Å². The molecule has 1 N–H and O–H groups in total. The average Bonchev–Trinajstić information content (AvgIpc) is 2.24. The Morgan fingerprint density at radius 1 is 1.40 bits per heavy atom. The molecule has 0 radical (unpaired) electrons. The molecule has 0 aliphatic carbocycles. The van der Waals surface area contributed by atoms with Crippen LogP contribution in [0.25, 0.3) is 0 Å². The molecule has 0 fully saturated rings. The summed E-state index contributed by atoms with van der Waals surface area (Å²) in [5, 5.41) is 9.70. The fourth-order valence-corrected chi connectivity index (χ4v) is 1.32. The Bertz CT molecular complexity index is 289. The fraction of sp³-hybridized carbons (Fsp3) is 0.500. The predicted molar refractivity (Wildman–Crippen MR) is 57.1 cm³/mol. The molecule has 3 heteroatoms. The number of aliphatic hydroxyl groups excluding tert-OH is 1. The first-order valence-corrected chi connectivity index (χ1v) is 5.25. The van der Waals surface area contributed by atoms with Crippen LogP contribution in [0, 0.1) is 5.82 Å². The van der Waals surface area contributed by atoms with E-state index in [2.05, 4.69) is 0 Å². The second kappa shape index (κ2) is 6.53. The van der Waals surface area contributed by atoms with Crippen LogP contribution in [0.4, 0.5) is 4.39 Å². The maximum Gasteiger partial charge on any atom is 0.123 e. The highest BCUT2D eigenvalue weighted by atomic mass is 19.1. The molecule has 1 atom stereocenters. The lowest BCUT2D eigenvalue weighted by atomic mass is 10.1. The third kappa shape index (κ3) is 4.40. The molecule has 0 aromatic heterocycles. The molecule has 1 aromatic carbocycles. The summed E-state index contributed by atoms with van der Waals surface area (Å²) in [6, 6.07) is 6.03. The molecule has 1 unspecified atom stereocenters. The second-order valence-corrected chi connectivity index (χ2v) is 3.47. The van der Waals surface area contributed by atoms with Crippen molar-refractivity contribution < 1.29 is 14.2 Å². The smallest absolute Gasteiger partial charge is 0.123 e. The van der Waals surface area contributed by atoms with Gasteiger partial charge in [-0.1, -0.05) is 19.1 Å². The van der Waals surface area contributed by atoms with Crippen molar-refractivity contribution >= 4 is 0 Å². The van der Waals surface area contributed by atoms with E-state index >= 15 is 0 Å². The molecule has 1 rings (SSSR count). The number of hydrogen-bond acceptors (Lipinski definition) is 2. The van der Waals surface area contributed by atoms with Crippen molar-refractivity contribution in [2.75, 3.05) is 13.2 Å². The van der Waals surface area contributed by atoms with Crippen LogP contribution in [0.1, 0.15) is 31.4 Å². The van der Waals surface area contributed by atoms with Gasteiger partial charge in [0.25, 0.3) is 0 Å². The second-order valence-electron chi connectivity index (χ2n) is 3.47. The quantitative estimate of drug-likeness (QED) is 0.734. The molecule has 0 amide bonds. The summed E-state index contributed by atoms with van der Waals surface area (Å²) in [4.78, 5) is 0. The van der Waals surface area contributed by atoms with E-state index in [0.717, 1.165) is 6.42 Å². The van der Waals surface area contributed by atoms with Gasteiger partial charge in [0.1, 0.15) is 5.82 Å². The molecule has 0 aliphatic rings. The van der Waals surface area contributed by atoms with E-state index in [1.165, 1.54) is 12.1 Å². The van der Waals surface area contributed by atoms with E-state index in [1.807, 2.05) is 6.92 Å². The van der Waals surface area contributed by atoms with Crippen LogP contribution in [-0.4, -0.2) is 18.3 Å². The van der Waals surface area contributed by atoms with Gasteiger partial charge in [0.2, 0.25) is 0 Å². The molecule has 84 valence electrons. The van der Waals surface area contributed by atoms with Crippen molar-refractivity contribution in [2.24, 2.45) is 0 Å². The number of halogens is 1. The number of hydrogen-bond donors (Lipinski definition) is 1. The van der Waals surface area contributed by atoms with Crippen LogP contribution < -0.4 is 0 Å². The first-order chi connectivity index (χ1) is 7.24. The Balaban J connectivity index is 2.36. The Morgan fingerprint density at radius 2 is 2.20 bits per heavy atom. The zero-order chi connectivity index (χ0) is 11.1. The summed E-state index contributed by atoms with van der Waals surface area (Å²) in [7, 11) is 0. The van der Waals surface area contributed by atoms with Crippen LogP contribution in [-0.2, 0) is 4.74 Å². The van der Waals surface area contributed by atoms with Gasteiger partial charge in [-0.25, -0.2) is 4.39 Å². The first-order valence-electron chi connectivity index (χ1n) is 5.25. The van der Waals surface area contributed by atoms with E-state index in [4.69, 9.17) is 4.74 Å². The van der Waals surface area contributed by atoms with Gasteiger partial charge in [0, 0.05) is 19.6 Å². The van der Waals surface area contributed by atoms with Gasteiger partial charge in [-0.05, 0) is 24.1 Å². The van der Waals surface area contributed by atoms with Gasteiger partial charge >= 0.3 is 0 Å². The van der Waals surface area contributed by atoms with Crippen LogP contribution >= 0.6 is 0 Å². The Morgan fingerprint density at radius 3 is 2.87 bits per heavy atom. The Hall–Kier alpha value is -0.930. The Kier molecular flexibility index (Phi) is 5.29. The molecule has 0 bridgehead atoms. The van der Waals surface area contributed by atoms with E-state index in [-0.39, 0.29) is 5.82 Å². The summed E-state index contributed by atoms with van der Waals surface area (Å²) in [6.45, 7) is 3.24. The van der Waals surface area contributed by atoms with Gasteiger partial charge in [-0.2, -0.15) is 0 Å². The third-order valence-corrected chi connectivity index (χ3v) is 2.12. The normalized spacial score (nSPS) is 12.7. The van der Waals surface area contributed by atoms with Crippen molar-refractivity contribution in [1.29, 1.82) is 0 Å². The summed E-state index contributed by atoms with van der Waals surface area (Å²) in [6.07, 6.45) is 0.831. The number of aliphatic hydroxyl groups is 1. The molecule has 0 saturated heterocycles. The third-order valence-electron chi connectivity index (χ3n) is 2.12. The predicted octanol–water partition coefficient (Wildman–Crippen LogP) is 2.68. The topological polar surface area (TPSA) is 29.5 Å². The van der Waals surface area contributed by atoms with Crippen LogP contribution in [0.3, 0.4) is 0 Å². The highest BCUT2D eigenvalue weighted by molar-refractivity contribution is 5.18. The lowest BCUT2D eigenvalue weighted by Gasteiger charge is -2.10. The monoisotopic (exact) mass is 212 g/mol. The van der Waals surface area contributed by atoms with Crippen LogP contribution in [0.5, 0.6) is 0 Å². The average molecular weight is 212 g/mol. The standard InChI is InChI=1S/C12H17FO2/c1-2-7-15-8-6-12(14)10-4-3-5-11(13)9-10/h3-5,9,12,14H,2,6-8H2,1H3. The summed E-state index contributed by atoms with van der Waals surface area (Å²) >= 11 is 0. The molecular formula is C12H17FO2. The number of benzene rings is 1. The minimum atomic E-state index is -0.641. The summed E-state index contributed by atoms with van der Waals surface area (Å²) in [5.41, 5.74) is 0.607. The Labute approximate surface area is 89.7 Å². The SMILES string of the molecule is CCCOCCC(O)c1cccc(F)c1. The molecule has 1 aromatic rings. The van der Waals surface area contributed by atoms with E-state index < -0.39 is 6.10 Å². The minimum absolute atomic E-state index is 0.318. The van der Waals surface area contributed by atoms with Crippen molar-refractivity contribution in [3.8, 4) is 0 Å². The largest absolute Gasteiger partial charge is 0.388 e. The van der Waals surface area contributed by atoms with Crippen molar-refractivity contribution in [3.63, 3.8) is 0 Å². The van der Waals surface area contributed by atoms with Crippen LogP contribution in [0.15, 0.2) is 24.3 Å². The molecule has 0 aliphatic heterocycles. The first kappa shape index (κ1) is 12.1. The van der Waals surface area contributed by atoms with Gasteiger partial charge in [0.05, 0.1) is 6.10 Å². The van der Waals surface area contributed by atoms with Gasteiger partial charge in [-0.15, -0.1) is 0 Å². The highest BCUT2D eigenvalue weighted by Crippen LogP contribution is 2.17. The molecule has 0 heterocycles. The molecule has 0 saturated carbocycles. The molecular weight excluding hydrogens is 195 g/mol. The fourth-order valence-electron chi connectivity index (χ4n) is 1.32. The summed E-state index contributed by atoms with van der Waals surface area (Å²) < 4.78 is 18.1. The number of rotatable bonds is 6. The molecule has 0 spiro atoms. The zero-order valence-corrected chi connectivity index (χ0v) is 8.95. The van der Waals surface area contributed by atoms with Gasteiger partial charge < -0.3 is 9.84 Å². The summed E-state index contributed by atoms with van der Waals surface area (Å²) in [5.74, 6) is -0.318. The van der Waals surface area contributed by atoms with Crippen LogP contribution in [0.2, 0.25) is 0 Å². The zero-order valence-electron chi connectivity index (χ0n) is 8.95. The van der Waals surface area contributed by atoms with E-state index in [1.54, 1.807) is 12.1 Å². The maximum absolute atomic E-state index is 12.8. The van der Waals surface area contributed by atoms with Gasteiger partial charge in [0.15, 0.2) is 0 Å². The molecule has 15 heavy (non-hydrogen) atoms. The number of ether oxygens (including phenoxy) is 1.